The van der Waals surface area contributed by atoms with Crippen LogP contribution in [0.1, 0.15) is 76.7 Å². The molecule has 2 atom stereocenters. The highest BCUT2D eigenvalue weighted by Gasteiger charge is 2.39. The molecule has 1 fully saturated rings. The van der Waals surface area contributed by atoms with Crippen molar-refractivity contribution in [2.24, 2.45) is 16.6 Å². The predicted octanol–water partition coefficient (Wildman–Crippen LogP) is 4.21. The van der Waals surface area contributed by atoms with Gasteiger partial charge in [-0.1, -0.05) is 34.1 Å². The summed E-state index contributed by atoms with van der Waals surface area (Å²) >= 11 is 0. The van der Waals surface area contributed by atoms with Crippen molar-refractivity contribution in [2.75, 3.05) is 0 Å². The van der Waals surface area contributed by atoms with Crippen LogP contribution in [0.15, 0.2) is 12.3 Å². The van der Waals surface area contributed by atoms with Crippen molar-refractivity contribution in [3.8, 4) is 0 Å². The molecule has 0 aromatic carbocycles. The van der Waals surface area contributed by atoms with Crippen molar-refractivity contribution in [3.05, 3.63) is 23.5 Å². The second-order valence-electron chi connectivity index (χ2n) is 8.17. The number of hydrogen-bond donors (Lipinski definition) is 1. The van der Waals surface area contributed by atoms with E-state index in [0.717, 1.165) is 6.42 Å². The van der Waals surface area contributed by atoms with Crippen LogP contribution >= 0.6 is 0 Å². The lowest BCUT2D eigenvalue weighted by atomic mass is 9.74. The normalized spacial score (nSPS) is 32.3. The van der Waals surface area contributed by atoms with Gasteiger partial charge in [-0.05, 0) is 48.1 Å². The Morgan fingerprint density at radius 1 is 1.26 bits per heavy atom. The zero-order chi connectivity index (χ0) is 13.8. The molecule has 1 aromatic heterocycles. The zero-order valence-electron chi connectivity index (χ0n) is 12.9. The van der Waals surface area contributed by atoms with Crippen LogP contribution in [0.2, 0.25) is 0 Å². The molecule has 106 valence electrons. The van der Waals surface area contributed by atoms with E-state index < -0.39 is 0 Å². The fourth-order valence-electron chi connectivity index (χ4n) is 4.37. The Balaban J connectivity index is 2.02. The summed E-state index contributed by atoms with van der Waals surface area (Å²) in [7, 11) is 0. The number of fused-ring (bicyclic) bond motifs is 1. The summed E-state index contributed by atoms with van der Waals surface area (Å²) in [5.74, 6) is 0. The first-order valence-electron chi connectivity index (χ1n) is 7.75. The molecule has 2 heteroatoms. The van der Waals surface area contributed by atoms with Crippen LogP contribution < -0.4 is 5.73 Å². The van der Waals surface area contributed by atoms with E-state index in [1.807, 2.05) is 0 Å². The first-order chi connectivity index (χ1) is 8.80. The van der Waals surface area contributed by atoms with E-state index in [4.69, 9.17) is 5.73 Å². The molecule has 2 aliphatic rings. The Kier molecular flexibility index (Phi) is 2.87. The van der Waals surface area contributed by atoms with Crippen molar-refractivity contribution in [1.82, 2.24) is 4.57 Å². The monoisotopic (exact) mass is 260 g/mol. The number of nitrogens with zero attached hydrogens (tertiary/aromatic N) is 1. The lowest BCUT2D eigenvalue weighted by molar-refractivity contribution is 0.233. The van der Waals surface area contributed by atoms with E-state index in [0.29, 0.717) is 16.9 Å². The summed E-state index contributed by atoms with van der Waals surface area (Å²) in [6.45, 7) is 9.55. The summed E-state index contributed by atoms with van der Waals surface area (Å²) in [6, 6.07) is 3.17. The molecular weight excluding hydrogens is 232 g/mol. The smallest absolute Gasteiger partial charge is 0.0384 e. The average molecular weight is 260 g/mol. The molecule has 19 heavy (non-hydrogen) atoms. The lowest BCUT2D eigenvalue weighted by Crippen LogP contribution is -2.32. The van der Waals surface area contributed by atoms with Gasteiger partial charge in [-0.3, -0.25) is 0 Å². The number of hydrogen-bond acceptors (Lipinski definition) is 1. The average Bonchev–Trinajstić information content (AvgIpc) is 2.79. The highest BCUT2D eigenvalue weighted by atomic mass is 15.0. The lowest BCUT2D eigenvalue weighted by Gasteiger charge is -2.37. The van der Waals surface area contributed by atoms with Gasteiger partial charge >= 0.3 is 0 Å². The number of aromatic nitrogens is 1. The topological polar surface area (TPSA) is 30.9 Å². The van der Waals surface area contributed by atoms with Crippen LogP contribution in [0.4, 0.5) is 0 Å². The van der Waals surface area contributed by atoms with Crippen LogP contribution in [0.3, 0.4) is 0 Å². The predicted molar refractivity (Wildman–Crippen MR) is 80.1 cm³/mol. The van der Waals surface area contributed by atoms with E-state index in [1.54, 1.807) is 0 Å². The maximum Gasteiger partial charge on any atom is 0.0384 e. The molecule has 0 saturated heterocycles. The number of rotatable bonds is 1. The standard InChI is InChI=1S/C17H28N2/c1-16(2)10-13(18)12-7-9-19(14(12)11-16)15-6-5-8-17(15,3)4/h7,9,13,15H,5-6,8,10-11,18H2,1-4H3. The molecule has 0 radical (unpaired) electrons. The summed E-state index contributed by atoms with van der Waals surface area (Å²) < 4.78 is 2.57. The fourth-order valence-corrected chi connectivity index (χ4v) is 4.37. The molecular formula is C17H28N2. The fraction of sp³-hybridized carbons (Fsp3) is 0.765. The number of nitrogens with two attached hydrogens (primary N) is 1. The highest BCUT2D eigenvalue weighted by Crippen LogP contribution is 2.49. The van der Waals surface area contributed by atoms with Crippen molar-refractivity contribution in [3.63, 3.8) is 0 Å². The molecule has 1 aromatic rings. The molecule has 0 aliphatic heterocycles. The summed E-state index contributed by atoms with van der Waals surface area (Å²) in [5, 5.41) is 0. The van der Waals surface area contributed by atoms with E-state index in [2.05, 4.69) is 44.5 Å². The molecule has 0 amide bonds. The van der Waals surface area contributed by atoms with Gasteiger partial charge in [-0.25, -0.2) is 0 Å². The Bertz CT molecular complexity index is 481. The second-order valence-corrected chi connectivity index (χ2v) is 8.17. The molecule has 2 aliphatic carbocycles. The van der Waals surface area contributed by atoms with Crippen LogP contribution in [0, 0.1) is 10.8 Å². The Labute approximate surface area is 117 Å². The first kappa shape index (κ1) is 13.2. The van der Waals surface area contributed by atoms with Crippen molar-refractivity contribution in [2.45, 2.75) is 71.9 Å². The van der Waals surface area contributed by atoms with Gasteiger partial charge in [0.25, 0.3) is 0 Å². The van der Waals surface area contributed by atoms with E-state index in [1.165, 1.54) is 36.9 Å². The van der Waals surface area contributed by atoms with Crippen LogP contribution in [-0.2, 0) is 6.42 Å². The zero-order valence-corrected chi connectivity index (χ0v) is 12.9. The molecule has 3 rings (SSSR count). The molecule has 1 saturated carbocycles. The molecule has 2 unspecified atom stereocenters. The quantitative estimate of drug-likeness (QED) is 0.805. The van der Waals surface area contributed by atoms with Crippen molar-refractivity contribution < 1.29 is 0 Å². The van der Waals surface area contributed by atoms with E-state index in [9.17, 15) is 0 Å². The third-order valence-electron chi connectivity index (χ3n) is 5.41. The van der Waals surface area contributed by atoms with Gasteiger partial charge in [0.2, 0.25) is 0 Å². The van der Waals surface area contributed by atoms with Gasteiger partial charge in [0.15, 0.2) is 0 Å². The summed E-state index contributed by atoms with van der Waals surface area (Å²) in [6.07, 6.45) is 8.63. The molecule has 2 nitrogen and oxygen atoms in total. The summed E-state index contributed by atoms with van der Waals surface area (Å²) in [4.78, 5) is 0. The van der Waals surface area contributed by atoms with Gasteiger partial charge in [-0.2, -0.15) is 0 Å². The van der Waals surface area contributed by atoms with E-state index >= 15 is 0 Å². The van der Waals surface area contributed by atoms with Crippen LogP contribution in [0.5, 0.6) is 0 Å². The van der Waals surface area contributed by atoms with Gasteiger partial charge in [0.05, 0.1) is 0 Å². The van der Waals surface area contributed by atoms with Gasteiger partial charge < -0.3 is 10.3 Å². The van der Waals surface area contributed by atoms with Gasteiger partial charge in [0.1, 0.15) is 0 Å². The van der Waals surface area contributed by atoms with E-state index in [-0.39, 0.29) is 6.04 Å². The second kappa shape index (κ2) is 4.12. The maximum atomic E-state index is 6.39. The van der Waals surface area contributed by atoms with Crippen molar-refractivity contribution >= 4 is 0 Å². The minimum absolute atomic E-state index is 0.226. The Hall–Kier alpha value is -0.760. The van der Waals surface area contributed by atoms with Crippen LogP contribution in [0.25, 0.3) is 0 Å². The largest absolute Gasteiger partial charge is 0.348 e. The Morgan fingerprint density at radius 2 is 2.00 bits per heavy atom. The highest BCUT2D eigenvalue weighted by molar-refractivity contribution is 5.31. The van der Waals surface area contributed by atoms with Crippen LogP contribution in [-0.4, -0.2) is 4.57 Å². The first-order valence-corrected chi connectivity index (χ1v) is 7.75. The minimum Gasteiger partial charge on any atom is -0.348 e. The minimum atomic E-state index is 0.226. The molecule has 0 bridgehead atoms. The van der Waals surface area contributed by atoms with Gasteiger partial charge in [-0.15, -0.1) is 0 Å². The SMILES string of the molecule is CC1(C)Cc2c(ccn2C2CCCC2(C)C)C(N)C1. The van der Waals surface area contributed by atoms with Crippen molar-refractivity contribution in [1.29, 1.82) is 0 Å². The third-order valence-corrected chi connectivity index (χ3v) is 5.41. The molecule has 2 N–H and O–H groups in total. The molecule has 1 heterocycles. The van der Waals surface area contributed by atoms with Gasteiger partial charge in [0, 0.05) is 24.0 Å². The maximum absolute atomic E-state index is 6.39. The summed E-state index contributed by atoms with van der Waals surface area (Å²) in [5.41, 5.74) is 10.1. The third kappa shape index (κ3) is 2.14. The Morgan fingerprint density at radius 3 is 2.63 bits per heavy atom. The molecule has 0 spiro atoms.